The number of halogens is 2. The third kappa shape index (κ3) is 1.36. The third-order valence-electron chi connectivity index (χ3n) is 2.04. The van der Waals surface area contributed by atoms with E-state index in [0.717, 1.165) is 12.1 Å². The summed E-state index contributed by atoms with van der Waals surface area (Å²) in [5, 5.41) is 18.6. The summed E-state index contributed by atoms with van der Waals surface area (Å²) < 4.78 is 13.1. The van der Waals surface area contributed by atoms with Gasteiger partial charge in [0.05, 0.1) is 5.02 Å². The van der Waals surface area contributed by atoms with Crippen LogP contribution in [0.2, 0.25) is 5.02 Å². The molecule has 5 nitrogen and oxygen atoms in total. The average molecular weight is 263 g/mol. The molecule has 0 bridgehead atoms. The molecular formula is C8H4ClFN2O3S. The molecule has 2 aromatic rings. The molecule has 0 aliphatic carbocycles. The van der Waals surface area contributed by atoms with Gasteiger partial charge in [-0.05, 0) is 6.07 Å². The number of benzene rings is 1. The first kappa shape index (κ1) is 10.9. The highest BCUT2D eigenvalue weighted by Crippen LogP contribution is 2.21. The van der Waals surface area contributed by atoms with Crippen molar-refractivity contribution >= 4 is 34.9 Å². The van der Waals surface area contributed by atoms with E-state index in [9.17, 15) is 19.6 Å². The molecule has 2 N–H and O–H groups in total. The normalized spacial score (nSPS) is 10.9. The van der Waals surface area contributed by atoms with Crippen LogP contribution in [0, 0.1) is 10.5 Å². The van der Waals surface area contributed by atoms with Crippen molar-refractivity contribution in [3.63, 3.8) is 0 Å². The second-order valence-corrected chi connectivity index (χ2v) is 3.78. The van der Waals surface area contributed by atoms with E-state index in [2.05, 4.69) is 12.2 Å². The van der Waals surface area contributed by atoms with Crippen molar-refractivity contribution in [1.82, 2.24) is 9.46 Å². The van der Waals surface area contributed by atoms with E-state index in [1.54, 1.807) is 0 Å². The van der Waals surface area contributed by atoms with Crippen LogP contribution in [0.25, 0.3) is 11.0 Å². The van der Waals surface area contributed by atoms with Crippen LogP contribution in [0.4, 0.5) is 4.39 Å². The lowest BCUT2D eigenvalue weighted by atomic mass is 10.3. The number of aromatic nitrogens is 2. The van der Waals surface area contributed by atoms with E-state index in [0.29, 0.717) is 4.73 Å². The van der Waals surface area contributed by atoms with Gasteiger partial charge in [-0.3, -0.25) is 4.79 Å². The highest BCUT2D eigenvalue weighted by molar-refractivity contribution is 7.71. The van der Waals surface area contributed by atoms with E-state index < -0.39 is 16.0 Å². The van der Waals surface area contributed by atoms with Gasteiger partial charge in [0.1, 0.15) is 16.9 Å². The smallest absolute Gasteiger partial charge is 0.321 e. The lowest BCUT2D eigenvalue weighted by Gasteiger charge is -2.07. The summed E-state index contributed by atoms with van der Waals surface area (Å²) in [5.74, 6) is -0.825. The molecule has 1 aromatic heterocycles. The van der Waals surface area contributed by atoms with Gasteiger partial charge in [-0.2, -0.15) is 4.73 Å². The van der Waals surface area contributed by atoms with Crippen molar-refractivity contribution in [2.45, 2.75) is 0 Å². The standard InChI is InChI=1S/C8H4ClFN2O3S/c9-3-1-5-6(2-4(3)10)11(14)7(13)8(16)12(5)15/h1-2,14-15H. The van der Waals surface area contributed by atoms with Crippen LogP contribution in [0.3, 0.4) is 0 Å². The first-order valence-corrected chi connectivity index (χ1v) is 4.77. The lowest BCUT2D eigenvalue weighted by Crippen LogP contribution is -2.23. The Morgan fingerprint density at radius 1 is 1.25 bits per heavy atom. The Hall–Kier alpha value is -1.60. The minimum Gasteiger partial charge on any atom is -0.427 e. The number of fused-ring (bicyclic) bond motifs is 1. The van der Waals surface area contributed by atoms with Crippen molar-refractivity contribution < 1.29 is 14.8 Å². The maximum Gasteiger partial charge on any atom is 0.321 e. The Bertz CT molecular complexity index is 648. The molecule has 16 heavy (non-hydrogen) atoms. The largest absolute Gasteiger partial charge is 0.427 e. The Labute approximate surface area is 97.5 Å². The number of hydrogen-bond acceptors (Lipinski definition) is 4. The molecule has 0 spiro atoms. The van der Waals surface area contributed by atoms with Crippen LogP contribution in [0.15, 0.2) is 16.9 Å². The predicted molar refractivity (Wildman–Crippen MR) is 56.4 cm³/mol. The molecule has 0 saturated heterocycles. The van der Waals surface area contributed by atoms with Gasteiger partial charge in [-0.25, -0.2) is 4.39 Å². The lowest BCUT2D eigenvalue weighted by molar-refractivity contribution is 0.161. The highest BCUT2D eigenvalue weighted by atomic mass is 35.5. The third-order valence-corrected chi connectivity index (χ3v) is 2.68. The summed E-state index contributed by atoms with van der Waals surface area (Å²) in [5.41, 5.74) is -1.33. The molecule has 2 rings (SSSR count). The van der Waals surface area contributed by atoms with Crippen LogP contribution >= 0.6 is 23.8 Å². The molecule has 0 atom stereocenters. The fourth-order valence-corrected chi connectivity index (χ4v) is 1.61. The molecule has 0 aliphatic rings. The molecule has 84 valence electrons. The van der Waals surface area contributed by atoms with Gasteiger partial charge in [0.15, 0.2) is 0 Å². The van der Waals surface area contributed by atoms with Crippen LogP contribution in [-0.2, 0) is 0 Å². The van der Waals surface area contributed by atoms with E-state index >= 15 is 0 Å². The summed E-state index contributed by atoms with van der Waals surface area (Å²) in [6, 6.07) is 1.87. The minimum atomic E-state index is -1.02. The fraction of sp³-hybridized carbons (Fsp3) is 0. The summed E-state index contributed by atoms with van der Waals surface area (Å²) in [4.78, 5) is 11.3. The first-order chi connectivity index (χ1) is 7.43. The summed E-state index contributed by atoms with van der Waals surface area (Å²) >= 11 is 10.1. The Morgan fingerprint density at radius 3 is 2.44 bits per heavy atom. The van der Waals surface area contributed by atoms with Gasteiger partial charge >= 0.3 is 5.56 Å². The average Bonchev–Trinajstić information content (AvgIpc) is 2.26. The van der Waals surface area contributed by atoms with Crippen molar-refractivity contribution in [3.05, 3.63) is 38.0 Å². The monoisotopic (exact) mass is 262 g/mol. The zero-order valence-corrected chi connectivity index (χ0v) is 9.09. The molecular weight excluding hydrogens is 259 g/mol. The van der Waals surface area contributed by atoms with Crippen molar-refractivity contribution in [2.24, 2.45) is 0 Å². The molecule has 0 aliphatic heterocycles. The maximum atomic E-state index is 13.1. The molecule has 8 heteroatoms. The van der Waals surface area contributed by atoms with Crippen LogP contribution in [-0.4, -0.2) is 19.9 Å². The van der Waals surface area contributed by atoms with Crippen LogP contribution in [0.1, 0.15) is 0 Å². The predicted octanol–water partition coefficient (Wildman–Crippen LogP) is 1.80. The van der Waals surface area contributed by atoms with Gasteiger partial charge in [0, 0.05) is 6.07 Å². The van der Waals surface area contributed by atoms with Gasteiger partial charge in [0.2, 0.25) is 4.64 Å². The summed E-state index contributed by atoms with van der Waals surface area (Å²) in [7, 11) is 0. The van der Waals surface area contributed by atoms with Gasteiger partial charge < -0.3 is 10.4 Å². The summed E-state index contributed by atoms with van der Waals surface area (Å²) in [6.07, 6.45) is 0. The maximum absolute atomic E-state index is 13.1. The van der Waals surface area contributed by atoms with Gasteiger partial charge in [-0.1, -0.05) is 23.8 Å². The number of hydrogen-bond donors (Lipinski definition) is 2. The molecule has 0 unspecified atom stereocenters. The SMILES string of the molecule is O=c1c(=S)n(O)c2cc(Cl)c(F)cc2n1O. The second-order valence-electron chi connectivity index (χ2n) is 2.99. The van der Waals surface area contributed by atoms with Gasteiger partial charge in [0.25, 0.3) is 0 Å². The molecule has 0 saturated carbocycles. The Morgan fingerprint density at radius 2 is 1.81 bits per heavy atom. The molecule has 0 radical (unpaired) electrons. The molecule has 1 aromatic carbocycles. The van der Waals surface area contributed by atoms with E-state index in [4.69, 9.17) is 11.6 Å². The van der Waals surface area contributed by atoms with Crippen molar-refractivity contribution in [1.29, 1.82) is 0 Å². The highest BCUT2D eigenvalue weighted by Gasteiger charge is 2.12. The quantitative estimate of drug-likeness (QED) is 0.561. The molecule has 1 heterocycles. The fourth-order valence-electron chi connectivity index (χ4n) is 1.27. The minimum absolute atomic E-state index is 0.0708. The zero-order valence-electron chi connectivity index (χ0n) is 7.52. The first-order valence-electron chi connectivity index (χ1n) is 3.99. The number of rotatable bonds is 0. The topological polar surface area (TPSA) is 67.4 Å². The van der Waals surface area contributed by atoms with Crippen LogP contribution < -0.4 is 5.56 Å². The summed E-state index contributed by atoms with van der Waals surface area (Å²) in [6.45, 7) is 0. The molecule has 0 amide bonds. The van der Waals surface area contributed by atoms with Crippen molar-refractivity contribution in [2.75, 3.05) is 0 Å². The van der Waals surface area contributed by atoms with Crippen LogP contribution in [0.5, 0.6) is 0 Å². The Kier molecular flexibility index (Phi) is 2.36. The van der Waals surface area contributed by atoms with Crippen molar-refractivity contribution in [3.8, 4) is 0 Å². The molecule has 0 fully saturated rings. The van der Waals surface area contributed by atoms with E-state index in [1.165, 1.54) is 0 Å². The van der Waals surface area contributed by atoms with Gasteiger partial charge in [-0.15, -0.1) is 4.73 Å². The van der Waals surface area contributed by atoms with E-state index in [-0.39, 0.29) is 20.8 Å². The number of nitrogens with zero attached hydrogens (tertiary/aromatic N) is 2. The van der Waals surface area contributed by atoms with E-state index in [1.807, 2.05) is 0 Å². The zero-order chi connectivity index (χ0) is 12.0. The Balaban J connectivity index is 3.15. The second kappa shape index (κ2) is 3.46.